The van der Waals surface area contributed by atoms with E-state index in [-0.39, 0.29) is 17.2 Å². The van der Waals surface area contributed by atoms with Gasteiger partial charge in [-0.15, -0.1) is 0 Å². The highest BCUT2D eigenvalue weighted by atomic mass is 16.5. The fourth-order valence-electron chi connectivity index (χ4n) is 5.83. The number of morpholine rings is 1. The Labute approximate surface area is 246 Å². The van der Waals surface area contributed by atoms with E-state index < -0.39 is 0 Å². The molecule has 0 radical (unpaired) electrons. The van der Waals surface area contributed by atoms with Crippen LogP contribution < -0.4 is 15.5 Å². The molecule has 2 amide bonds. The maximum absolute atomic E-state index is 13.9. The Kier molecular flexibility index (Phi) is 7.66. The van der Waals surface area contributed by atoms with Gasteiger partial charge in [0.1, 0.15) is 0 Å². The lowest BCUT2D eigenvalue weighted by Crippen LogP contribution is -2.41. The third-order valence-corrected chi connectivity index (χ3v) is 7.99. The first-order chi connectivity index (χ1) is 20.3. The largest absolute Gasteiger partial charge is 0.380 e. The molecule has 1 aromatic heterocycles. The lowest BCUT2D eigenvalue weighted by Gasteiger charge is -2.28. The van der Waals surface area contributed by atoms with Crippen LogP contribution in [0, 0.1) is 0 Å². The number of amides is 2. The van der Waals surface area contributed by atoms with Crippen LogP contribution in [0.25, 0.3) is 10.9 Å². The number of fused-ring (bicyclic) bond motifs is 2. The minimum absolute atomic E-state index is 0.0572. The summed E-state index contributed by atoms with van der Waals surface area (Å²) in [5.74, 6) is -0.122. The summed E-state index contributed by atoms with van der Waals surface area (Å²) in [7, 11) is 0. The predicted molar refractivity (Wildman–Crippen MR) is 167 cm³/mol. The smallest absolute Gasteiger partial charge is 0.261 e. The highest BCUT2D eigenvalue weighted by molar-refractivity contribution is 6.13. The molecule has 2 aliphatic heterocycles. The summed E-state index contributed by atoms with van der Waals surface area (Å²) in [6, 6.07) is 22.0. The number of anilines is 3. The van der Waals surface area contributed by atoms with Crippen LogP contribution in [0.15, 0.2) is 72.9 Å². The number of nitrogens with one attached hydrogen (secondary N) is 2. The molecule has 8 heteroatoms. The second-order valence-corrected chi connectivity index (χ2v) is 12.0. The molecule has 0 aliphatic carbocycles. The number of hydrogen-bond acceptors (Lipinski definition) is 6. The van der Waals surface area contributed by atoms with Gasteiger partial charge in [0.25, 0.3) is 5.91 Å². The summed E-state index contributed by atoms with van der Waals surface area (Å²) in [6.45, 7) is 10.5. The third kappa shape index (κ3) is 5.73. The molecule has 4 aromatic rings. The van der Waals surface area contributed by atoms with Gasteiger partial charge >= 0.3 is 0 Å². The molecule has 1 saturated heterocycles. The van der Waals surface area contributed by atoms with Crippen molar-refractivity contribution in [2.45, 2.75) is 39.3 Å². The van der Waals surface area contributed by atoms with Gasteiger partial charge in [0, 0.05) is 48.3 Å². The number of nitrogens with zero attached hydrogens (tertiary/aromatic N) is 3. The van der Waals surface area contributed by atoms with E-state index in [0.717, 1.165) is 57.7 Å². The van der Waals surface area contributed by atoms with Gasteiger partial charge in [0.15, 0.2) is 0 Å². The zero-order chi connectivity index (χ0) is 29.3. The van der Waals surface area contributed by atoms with E-state index in [9.17, 15) is 9.59 Å². The second kappa shape index (κ2) is 11.5. The van der Waals surface area contributed by atoms with Gasteiger partial charge in [0.05, 0.1) is 37.4 Å². The summed E-state index contributed by atoms with van der Waals surface area (Å²) in [5.41, 5.74) is 6.82. The zero-order valence-electron chi connectivity index (χ0n) is 24.4. The quantitative estimate of drug-likeness (QED) is 0.306. The molecule has 3 heterocycles. The lowest BCUT2D eigenvalue weighted by atomic mass is 9.85. The third-order valence-electron chi connectivity index (χ3n) is 7.99. The summed E-state index contributed by atoms with van der Waals surface area (Å²) in [5, 5.41) is 7.74. The highest BCUT2D eigenvalue weighted by Crippen LogP contribution is 2.37. The van der Waals surface area contributed by atoms with Crippen LogP contribution in [0.1, 0.15) is 47.8 Å². The van der Waals surface area contributed by atoms with Gasteiger partial charge in [-0.05, 0) is 46.4 Å². The van der Waals surface area contributed by atoms with Crippen molar-refractivity contribution in [2.75, 3.05) is 48.4 Å². The van der Waals surface area contributed by atoms with E-state index >= 15 is 0 Å². The number of carbonyl (C=O) groups is 2. The Bertz CT molecular complexity index is 1630. The van der Waals surface area contributed by atoms with Crippen molar-refractivity contribution in [1.29, 1.82) is 0 Å². The van der Waals surface area contributed by atoms with Gasteiger partial charge < -0.3 is 20.3 Å². The topological polar surface area (TPSA) is 86.8 Å². The number of pyridine rings is 1. The van der Waals surface area contributed by atoms with Crippen LogP contribution in [0.2, 0.25) is 0 Å². The minimum atomic E-state index is -0.189. The molecule has 0 bridgehead atoms. The molecule has 0 spiro atoms. The van der Waals surface area contributed by atoms with E-state index in [1.54, 1.807) is 11.1 Å². The SMILES string of the molecule is CC(C)(C)c1ccc(N2Cc3cccc(NCc4cccc5cccnc45)c3C2=O)cc1NC(=O)CN1CCOCC1. The molecule has 216 valence electrons. The zero-order valence-corrected chi connectivity index (χ0v) is 24.4. The van der Waals surface area contributed by atoms with E-state index in [4.69, 9.17) is 4.74 Å². The van der Waals surface area contributed by atoms with Gasteiger partial charge in [-0.2, -0.15) is 0 Å². The fourth-order valence-corrected chi connectivity index (χ4v) is 5.83. The Morgan fingerprint density at radius 3 is 2.57 bits per heavy atom. The van der Waals surface area contributed by atoms with Crippen LogP contribution >= 0.6 is 0 Å². The summed E-state index contributed by atoms with van der Waals surface area (Å²) in [6.07, 6.45) is 1.80. The van der Waals surface area contributed by atoms with Crippen LogP contribution in [0.4, 0.5) is 17.1 Å². The average Bonchev–Trinajstić information content (AvgIpc) is 3.32. The van der Waals surface area contributed by atoms with E-state index in [1.807, 2.05) is 48.5 Å². The van der Waals surface area contributed by atoms with Gasteiger partial charge in [-0.3, -0.25) is 19.5 Å². The van der Waals surface area contributed by atoms with Crippen molar-refractivity contribution in [3.8, 4) is 0 Å². The number of hydrogen-bond donors (Lipinski definition) is 2. The first-order valence-corrected chi connectivity index (χ1v) is 14.5. The number of ether oxygens (including phenoxy) is 1. The van der Waals surface area contributed by atoms with Crippen molar-refractivity contribution >= 4 is 39.8 Å². The number of rotatable bonds is 7. The molecule has 8 nitrogen and oxygen atoms in total. The first-order valence-electron chi connectivity index (χ1n) is 14.5. The van der Waals surface area contributed by atoms with Crippen molar-refractivity contribution < 1.29 is 14.3 Å². The molecule has 2 N–H and O–H groups in total. The maximum Gasteiger partial charge on any atom is 0.261 e. The number of aromatic nitrogens is 1. The Morgan fingerprint density at radius 2 is 1.76 bits per heavy atom. The molecule has 1 fully saturated rings. The van der Waals surface area contributed by atoms with E-state index in [1.165, 1.54) is 0 Å². The monoisotopic (exact) mass is 563 g/mol. The van der Waals surface area contributed by atoms with Crippen LogP contribution in [0.3, 0.4) is 0 Å². The molecule has 42 heavy (non-hydrogen) atoms. The number of para-hydroxylation sites is 1. The highest BCUT2D eigenvalue weighted by Gasteiger charge is 2.32. The Morgan fingerprint density at radius 1 is 0.976 bits per heavy atom. The van der Waals surface area contributed by atoms with Gasteiger partial charge in [-0.25, -0.2) is 0 Å². The molecular formula is C34H37N5O3. The summed E-state index contributed by atoms with van der Waals surface area (Å²) < 4.78 is 5.42. The minimum Gasteiger partial charge on any atom is -0.380 e. The van der Waals surface area contributed by atoms with E-state index in [0.29, 0.717) is 38.4 Å². The summed E-state index contributed by atoms with van der Waals surface area (Å²) >= 11 is 0. The maximum atomic E-state index is 13.9. The van der Waals surface area contributed by atoms with Crippen molar-refractivity contribution in [3.05, 3.63) is 95.2 Å². The molecule has 0 unspecified atom stereocenters. The van der Waals surface area contributed by atoms with E-state index in [2.05, 4.69) is 59.5 Å². The van der Waals surface area contributed by atoms with Gasteiger partial charge in [-0.1, -0.05) is 63.2 Å². The first kappa shape index (κ1) is 27.9. The molecule has 3 aromatic carbocycles. The number of carbonyl (C=O) groups excluding carboxylic acids is 2. The summed E-state index contributed by atoms with van der Waals surface area (Å²) in [4.78, 5) is 35.4. The van der Waals surface area contributed by atoms with Crippen LogP contribution in [-0.4, -0.2) is 54.5 Å². The number of benzene rings is 3. The van der Waals surface area contributed by atoms with Gasteiger partial charge in [0.2, 0.25) is 5.91 Å². The molecule has 2 aliphatic rings. The second-order valence-electron chi connectivity index (χ2n) is 12.0. The molecule has 0 saturated carbocycles. The normalized spacial score (nSPS) is 15.6. The Balaban J connectivity index is 1.24. The fraction of sp³-hybridized carbons (Fsp3) is 0.324. The molecule has 6 rings (SSSR count). The van der Waals surface area contributed by atoms with Crippen LogP contribution in [0.5, 0.6) is 0 Å². The Hall–Kier alpha value is -4.27. The molecular weight excluding hydrogens is 526 g/mol. The van der Waals surface area contributed by atoms with Crippen molar-refractivity contribution in [2.24, 2.45) is 0 Å². The van der Waals surface area contributed by atoms with Crippen LogP contribution in [-0.2, 0) is 28.0 Å². The predicted octanol–water partition coefficient (Wildman–Crippen LogP) is 5.58. The lowest BCUT2D eigenvalue weighted by molar-refractivity contribution is -0.118. The van der Waals surface area contributed by atoms with Crippen molar-refractivity contribution in [1.82, 2.24) is 9.88 Å². The standard InChI is InChI=1S/C34H37N5O3/c1-34(2,3)27-13-12-26(19-29(27)37-30(40)22-38-15-17-42-18-16-38)39-21-25-9-5-11-28(31(25)33(39)41)36-20-24-8-4-7-23-10-6-14-35-32(23)24/h4-14,19,36H,15-18,20-22H2,1-3H3,(H,37,40). The molecule has 0 atom stereocenters. The van der Waals surface area contributed by atoms with Crippen molar-refractivity contribution in [3.63, 3.8) is 0 Å². The average molecular weight is 564 g/mol.